The molecule has 0 atom stereocenters. The first-order valence-electron chi connectivity index (χ1n) is 12.9. The van der Waals surface area contributed by atoms with Crippen LogP contribution in [0.1, 0.15) is 31.7 Å². The maximum Gasteiger partial charge on any atom is 0.264 e. The Morgan fingerprint density at radius 2 is 1.63 bits per heavy atom. The van der Waals surface area contributed by atoms with Gasteiger partial charge in [-0.3, -0.25) is 14.2 Å². The zero-order valence-electron chi connectivity index (χ0n) is 21.2. The zero-order chi connectivity index (χ0) is 26.1. The number of piperidine rings is 1. The Hall–Kier alpha value is -4.58. The average molecular weight is 505 g/mol. The van der Waals surface area contributed by atoms with Gasteiger partial charge in [0.2, 0.25) is 0 Å². The second kappa shape index (κ2) is 10.1. The monoisotopic (exact) mass is 504 g/mol. The topological polar surface area (TPSA) is 106 Å². The Morgan fingerprint density at radius 3 is 2.32 bits per heavy atom. The van der Waals surface area contributed by atoms with Crippen LogP contribution >= 0.6 is 0 Å². The molecule has 6 rings (SSSR count). The Kier molecular flexibility index (Phi) is 6.30. The van der Waals surface area contributed by atoms with Crippen LogP contribution in [0.3, 0.4) is 0 Å². The number of rotatable bonds is 6. The molecule has 0 unspecified atom stereocenters. The second-order valence-electron chi connectivity index (χ2n) is 10.0. The summed E-state index contributed by atoms with van der Waals surface area (Å²) in [4.78, 5) is 23.8. The third-order valence-electron chi connectivity index (χ3n) is 7.25. The lowest BCUT2D eigenvalue weighted by molar-refractivity contribution is -0.128. The van der Waals surface area contributed by atoms with Crippen LogP contribution in [0.2, 0.25) is 0 Å². The highest BCUT2D eigenvalue weighted by atomic mass is 16.2. The van der Waals surface area contributed by atoms with E-state index in [1.807, 2.05) is 67.1 Å². The van der Waals surface area contributed by atoms with Gasteiger partial charge >= 0.3 is 0 Å². The van der Waals surface area contributed by atoms with Crippen LogP contribution in [0.5, 0.6) is 0 Å². The van der Waals surface area contributed by atoms with Crippen LogP contribution in [-0.4, -0.2) is 53.4 Å². The van der Waals surface area contributed by atoms with E-state index < -0.39 is 0 Å². The summed E-state index contributed by atoms with van der Waals surface area (Å²) in [5.41, 5.74) is 5.22. The Balaban J connectivity index is 1.11. The molecule has 1 amide bonds. The van der Waals surface area contributed by atoms with Crippen molar-refractivity contribution in [3.05, 3.63) is 73.1 Å². The van der Waals surface area contributed by atoms with E-state index in [0.717, 1.165) is 53.5 Å². The lowest BCUT2D eigenvalue weighted by atomic mass is 10.0. The minimum absolute atomic E-state index is 0.137. The highest BCUT2D eigenvalue weighted by Crippen LogP contribution is 2.32. The molecule has 3 aromatic heterocycles. The van der Waals surface area contributed by atoms with Crippen LogP contribution < -0.4 is 0 Å². The normalized spacial score (nSPS) is 16.4. The van der Waals surface area contributed by atoms with E-state index in [-0.39, 0.29) is 11.9 Å². The zero-order valence-corrected chi connectivity index (χ0v) is 21.2. The number of hydrogen-bond acceptors (Lipinski definition) is 6. The standard InChI is InChI=1S/C29H28N8O/c1-35-18-25(16-33-35)21-3-2-4-22(12-21)28-31-14-24(15-32-28)26-17-34-37(19-26)27-7-9-36(10-8-27)29(38)23(13-30)11-20-5-6-20/h2-4,11-12,14-20,27H,5-10H2,1H3/b23-11-. The molecule has 0 radical (unpaired) electrons. The predicted molar refractivity (Wildman–Crippen MR) is 142 cm³/mol. The number of aryl methyl sites for hydroxylation is 1. The number of carbonyl (C=O) groups excluding carboxylic acids is 1. The van der Waals surface area contributed by atoms with Crippen LogP contribution in [0.25, 0.3) is 33.6 Å². The lowest BCUT2D eigenvalue weighted by Gasteiger charge is -2.32. The highest BCUT2D eigenvalue weighted by molar-refractivity contribution is 5.97. The summed E-state index contributed by atoms with van der Waals surface area (Å²) in [6, 6.07) is 10.4. The van der Waals surface area contributed by atoms with Gasteiger partial charge in [-0.2, -0.15) is 15.5 Å². The molecule has 1 aliphatic carbocycles. The molecular weight excluding hydrogens is 476 g/mol. The molecule has 4 heterocycles. The first kappa shape index (κ1) is 23.8. The Labute approximate surface area is 221 Å². The van der Waals surface area contributed by atoms with Crippen LogP contribution in [0, 0.1) is 17.2 Å². The van der Waals surface area contributed by atoms with Crippen molar-refractivity contribution in [2.75, 3.05) is 13.1 Å². The molecule has 1 saturated heterocycles. The van der Waals surface area contributed by atoms with Gasteiger partial charge in [0.25, 0.3) is 5.91 Å². The van der Waals surface area contributed by atoms with Gasteiger partial charge in [-0.1, -0.05) is 24.3 Å². The minimum Gasteiger partial charge on any atom is -0.338 e. The Morgan fingerprint density at radius 1 is 0.921 bits per heavy atom. The molecule has 2 fully saturated rings. The van der Waals surface area contributed by atoms with E-state index in [1.165, 1.54) is 0 Å². The molecule has 0 N–H and O–H groups in total. The van der Waals surface area contributed by atoms with Gasteiger partial charge in [0.05, 0.1) is 18.4 Å². The van der Waals surface area contributed by atoms with Gasteiger partial charge < -0.3 is 4.90 Å². The quantitative estimate of drug-likeness (QED) is 0.284. The number of hydrogen-bond donors (Lipinski definition) is 0. The van der Waals surface area contributed by atoms with E-state index in [9.17, 15) is 10.1 Å². The average Bonchev–Trinajstić information content (AvgIpc) is 3.45. The van der Waals surface area contributed by atoms with Crippen molar-refractivity contribution >= 4 is 5.91 Å². The summed E-state index contributed by atoms with van der Waals surface area (Å²) < 4.78 is 3.77. The summed E-state index contributed by atoms with van der Waals surface area (Å²) in [7, 11) is 1.90. The number of nitriles is 1. The molecule has 0 bridgehead atoms. The molecular formula is C29H28N8O. The predicted octanol–water partition coefficient (Wildman–Crippen LogP) is 4.43. The summed E-state index contributed by atoms with van der Waals surface area (Å²) in [6.45, 7) is 1.25. The van der Waals surface area contributed by atoms with Gasteiger partial charge in [0.1, 0.15) is 11.6 Å². The number of nitrogens with zero attached hydrogens (tertiary/aromatic N) is 8. The van der Waals surface area contributed by atoms with E-state index in [0.29, 0.717) is 30.4 Å². The van der Waals surface area contributed by atoms with Crippen molar-refractivity contribution in [2.45, 2.75) is 31.7 Å². The van der Waals surface area contributed by atoms with Gasteiger partial charge in [0, 0.05) is 67.2 Å². The van der Waals surface area contributed by atoms with E-state index >= 15 is 0 Å². The first-order chi connectivity index (χ1) is 18.6. The third-order valence-corrected chi connectivity index (χ3v) is 7.25. The van der Waals surface area contributed by atoms with Crippen molar-refractivity contribution in [3.63, 3.8) is 0 Å². The molecule has 0 spiro atoms. The molecule has 1 saturated carbocycles. The maximum absolute atomic E-state index is 12.7. The maximum atomic E-state index is 12.7. The van der Waals surface area contributed by atoms with E-state index in [4.69, 9.17) is 0 Å². The molecule has 9 nitrogen and oxygen atoms in total. The molecule has 4 aromatic rings. The number of allylic oxidation sites excluding steroid dienone is 1. The van der Waals surface area contributed by atoms with Gasteiger partial charge in [0.15, 0.2) is 5.82 Å². The van der Waals surface area contributed by atoms with Crippen LogP contribution in [-0.2, 0) is 11.8 Å². The summed E-state index contributed by atoms with van der Waals surface area (Å²) >= 11 is 0. The second-order valence-corrected chi connectivity index (χ2v) is 10.0. The number of amides is 1. The SMILES string of the molecule is Cn1cc(-c2cccc(-c3ncc(-c4cnn(C5CCN(C(=O)/C(C#N)=C\C6CC6)CC5)c4)cn3)c2)cn1. The minimum atomic E-state index is -0.137. The number of likely N-dealkylation sites (tertiary alicyclic amines) is 1. The fraction of sp³-hybridized carbons (Fsp3) is 0.310. The van der Waals surface area contributed by atoms with Crippen molar-refractivity contribution < 1.29 is 4.79 Å². The third kappa shape index (κ3) is 4.98. The van der Waals surface area contributed by atoms with Gasteiger partial charge in [-0.15, -0.1) is 0 Å². The molecule has 1 aromatic carbocycles. The van der Waals surface area contributed by atoms with Crippen molar-refractivity contribution in [2.24, 2.45) is 13.0 Å². The number of carbonyl (C=O) groups is 1. The highest BCUT2D eigenvalue weighted by Gasteiger charge is 2.28. The molecule has 2 aliphatic rings. The first-order valence-corrected chi connectivity index (χ1v) is 12.9. The number of benzene rings is 1. The molecule has 1 aliphatic heterocycles. The van der Waals surface area contributed by atoms with Gasteiger partial charge in [-0.05, 0) is 43.2 Å². The molecule has 190 valence electrons. The molecule has 38 heavy (non-hydrogen) atoms. The summed E-state index contributed by atoms with van der Waals surface area (Å²) in [5.74, 6) is 0.933. The summed E-state index contributed by atoms with van der Waals surface area (Å²) in [6.07, 6.45) is 17.0. The van der Waals surface area contributed by atoms with Crippen molar-refractivity contribution in [3.8, 4) is 39.7 Å². The van der Waals surface area contributed by atoms with Crippen molar-refractivity contribution in [1.29, 1.82) is 5.26 Å². The van der Waals surface area contributed by atoms with Crippen LogP contribution in [0.4, 0.5) is 0 Å². The smallest absolute Gasteiger partial charge is 0.264 e. The molecule has 9 heteroatoms. The lowest BCUT2D eigenvalue weighted by Crippen LogP contribution is -2.39. The van der Waals surface area contributed by atoms with Crippen LogP contribution in [0.15, 0.2) is 73.1 Å². The van der Waals surface area contributed by atoms with E-state index in [2.05, 4.69) is 38.4 Å². The fourth-order valence-corrected chi connectivity index (χ4v) is 4.88. The number of aromatic nitrogens is 6. The van der Waals surface area contributed by atoms with E-state index in [1.54, 1.807) is 9.58 Å². The van der Waals surface area contributed by atoms with Crippen molar-refractivity contribution in [1.82, 2.24) is 34.4 Å². The van der Waals surface area contributed by atoms with Gasteiger partial charge in [-0.25, -0.2) is 9.97 Å². The Bertz CT molecular complexity index is 1530. The largest absolute Gasteiger partial charge is 0.338 e. The fourth-order valence-electron chi connectivity index (χ4n) is 4.88. The summed E-state index contributed by atoms with van der Waals surface area (Å²) in [5, 5.41) is 18.2.